The predicted molar refractivity (Wildman–Crippen MR) is 77.9 cm³/mol. The number of aromatic nitrogens is 4. The van der Waals surface area contributed by atoms with Gasteiger partial charge in [-0.15, -0.1) is 16.9 Å². The fraction of sp³-hybridized carbons (Fsp3) is 0.462. The highest BCUT2D eigenvalue weighted by Gasteiger charge is 2.07. The van der Waals surface area contributed by atoms with Crippen LogP contribution in [-0.4, -0.2) is 20.2 Å². The van der Waals surface area contributed by atoms with Gasteiger partial charge in [-0.3, -0.25) is 0 Å². The molecule has 0 amide bonds. The van der Waals surface area contributed by atoms with Gasteiger partial charge in [0.15, 0.2) is 5.82 Å². The summed E-state index contributed by atoms with van der Waals surface area (Å²) >= 11 is 1.67. The Bertz CT molecular complexity index is 538. The van der Waals surface area contributed by atoms with Gasteiger partial charge in [0.25, 0.3) is 0 Å². The molecule has 0 aliphatic heterocycles. The monoisotopic (exact) mass is 277 g/mol. The van der Waals surface area contributed by atoms with Crippen molar-refractivity contribution in [2.45, 2.75) is 43.9 Å². The second-order valence-electron chi connectivity index (χ2n) is 4.50. The van der Waals surface area contributed by atoms with Gasteiger partial charge in [0.05, 0.1) is 5.75 Å². The molecular weight excluding hydrogens is 258 g/mol. The van der Waals surface area contributed by atoms with Gasteiger partial charge in [-0.25, -0.2) is 4.68 Å². The van der Waals surface area contributed by atoms with Gasteiger partial charge in [-0.1, -0.05) is 19.4 Å². The van der Waals surface area contributed by atoms with Gasteiger partial charge in [0.1, 0.15) is 0 Å². The second-order valence-corrected chi connectivity index (χ2v) is 5.52. The number of rotatable bonds is 6. The minimum Gasteiger partial charge on any atom is -0.398 e. The maximum Gasteiger partial charge on any atom is 0.161 e. The van der Waals surface area contributed by atoms with Crippen molar-refractivity contribution >= 4 is 17.4 Å². The van der Waals surface area contributed by atoms with Crippen molar-refractivity contribution in [1.29, 1.82) is 0 Å². The van der Waals surface area contributed by atoms with Crippen LogP contribution in [0.2, 0.25) is 0 Å². The molecular formula is C13H19N5S. The van der Waals surface area contributed by atoms with Crippen LogP contribution in [0.15, 0.2) is 23.1 Å². The van der Waals surface area contributed by atoms with Gasteiger partial charge in [-0.05, 0) is 41.5 Å². The Labute approximate surface area is 117 Å². The molecule has 2 aromatic rings. The van der Waals surface area contributed by atoms with E-state index < -0.39 is 0 Å². The zero-order chi connectivity index (χ0) is 13.7. The molecule has 1 aromatic heterocycles. The maximum absolute atomic E-state index is 6.00. The van der Waals surface area contributed by atoms with E-state index in [1.165, 1.54) is 5.56 Å². The van der Waals surface area contributed by atoms with Gasteiger partial charge < -0.3 is 5.73 Å². The second kappa shape index (κ2) is 6.56. The van der Waals surface area contributed by atoms with Gasteiger partial charge in [0.2, 0.25) is 0 Å². The summed E-state index contributed by atoms with van der Waals surface area (Å²) in [4.78, 5) is 1.08. The summed E-state index contributed by atoms with van der Waals surface area (Å²) in [5.74, 6) is 1.64. The summed E-state index contributed by atoms with van der Waals surface area (Å²) < 4.78 is 1.88. The van der Waals surface area contributed by atoms with Crippen LogP contribution >= 0.6 is 11.8 Å². The molecule has 0 radical (unpaired) electrons. The van der Waals surface area contributed by atoms with Gasteiger partial charge >= 0.3 is 0 Å². The fourth-order valence-electron chi connectivity index (χ4n) is 1.75. The standard InChI is InChI=1S/C13H19N5S/c1-3-4-7-18-13(15-16-17-18)9-19-12-6-5-10(2)8-11(12)14/h5-6,8H,3-4,7,9,14H2,1-2H3. The van der Waals surface area contributed by atoms with E-state index in [2.05, 4.69) is 34.6 Å². The molecule has 19 heavy (non-hydrogen) atoms. The Morgan fingerprint density at radius 3 is 2.95 bits per heavy atom. The summed E-state index contributed by atoms with van der Waals surface area (Å²) in [5.41, 5.74) is 7.99. The third-order valence-corrected chi connectivity index (χ3v) is 3.94. The first kappa shape index (κ1) is 13.9. The van der Waals surface area contributed by atoms with Crippen LogP contribution in [0.5, 0.6) is 0 Å². The van der Waals surface area contributed by atoms with Crippen LogP contribution in [0.4, 0.5) is 5.69 Å². The molecule has 0 saturated heterocycles. The van der Waals surface area contributed by atoms with Gasteiger partial charge in [-0.2, -0.15) is 0 Å². The normalized spacial score (nSPS) is 10.8. The molecule has 0 bridgehead atoms. The van der Waals surface area contributed by atoms with E-state index in [0.717, 1.165) is 41.5 Å². The molecule has 0 saturated carbocycles. The Hall–Kier alpha value is -1.56. The Morgan fingerprint density at radius 2 is 2.21 bits per heavy atom. The molecule has 0 aliphatic rings. The van der Waals surface area contributed by atoms with Crippen LogP contribution in [0.25, 0.3) is 0 Å². The van der Waals surface area contributed by atoms with E-state index in [0.29, 0.717) is 0 Å². The Morgan fingerprint density at radius 1 is 1.37 bits per heavy atom. The first-order valence-electron chi connectivity index (χ1n) is 6.44. The summed E-state index contributed by atoms with van der Waals surface area (Å²) in [6.45, 7) is 5.07. The quantitative estimate of drug-likeness (QED) is 0.649. The van der Waals surface area contributed by atoms with E-state index in [-0.39, 0.29) is 0 Å². The van der Waals surface area contributed by atoms with E-state index in [1.54, 1.807) is 11.8 Å². The number of nitrogen functional groups attached to an aromatic ring is 1. The van der Waals surface area contributed by atoms with Crippen molar-refractivity contribution in [2.75, 3.05) is 5.73 Å². The number of tetrazole rings is 1. The highest BCUT2D eigenvalue weighted by molar-refractivity contribution is 7.98. The number of anilines is 1. The average Bonchev–Trinajstić information content (AvgIpc) is 2.83. The van der Waals surface area contributed by atoms with Crippen molar-refractivity contribution in [2.24, 2.45) is 0 Å². The number of hydrogen-bond donors (Lipinski definition) is 1. The Kier molecular flexibility index (Phi) is 4.79. The zero-order valence-electron chi connectivity index (χ0n) is 11.3. The van der Waals surface area contributed by atoms with E-state index in [4.69, 9.17) is 5.73 Å². The number of nitrogens with zero attached hydrogens (tertiary/aromatic N) is 4. The van der Waals surface area contributed by atoms with Crippen LogP contribution in [0.1, 0.15) is 31.2 Å². The number of nitrogens with two attached hydrogens (primary N) is 1. The molecule has 0 spiro atoms. The molecule has 5 nitrogen and oxygen atoms in total. The molecule has 1 heterocycles. The maximum atomic E-state index is 6.00. The summed E-state index contributed by atoms with van der Waals surface area (Å²) in [5, 5.41) is 11.8. The van der Waals surface area contributed by atoms with E-state index in [1.807, 2.05) is 17.7 Å². The first-order chi connectivity index (χ1) is 9.20. The lowest BCUT2D eigenvalue weighted by molar-refractivity contribution is 0.540. The van der Waals surface area contributed by atoms with Crippen molar-refractivity contribution in [3.8, 4) is 0 Å². The molecule has 2 N–H and O–H groups in total. The minimum atomic E-state index is 0.740. The van der Waals surface area contributed by atoms with Crippen LogP contribution in [0, 0.1) is 6.92 Å². The molecule has 2 rings (SSSR count). The Balaban J connectivity index is 2.00. The van der Waals surface area contributed by atoms with Crippen molar-refractivity contribution in [3.05, 3.63) is 29.6 Å². The van der Waals surface area contributed by atoms with Crippen LogP contribution < -0.4 is 5.73 Å². The van der Waals surface area contributed by atoms with Crippen molar-refractivity contribution in [1.82, 2.24) is 20.2 Å². The number of benzene rings is 1. The molecule has 0 unspecified atom stereocenters. The molecule has 102 valence electrons. The predicted octanol–water partition coefficient (Wildman–Crippen LogP) is 2.66. The van der Waals surface area contributed by atoms with Crippen LogP contribution in [-0.2, 0) is 12.3 Å². The lowest BCUT2D eigenvalue weighted by Crippen LogP contribution is -2.05. The summed E-state index contributed by atoms with van der Waals surface area (Å²) in [6, 6.07) is 6.11. The number of unbranched alkanes of at least 4 members (excludes halogenated alkanes) is 1. The number of thioether (sulfide) groups is 1. The summed E-state index contributed by atoms with van der Waals surface area (Å²) in [7, 11) is 0. The van der Waals surface area contributed by atoms with E-state index >= 15 is 0 Å². The van der Waals surface area contributed by atoms with Crippen molar-refractivity contribution in [3.63, 3.8) is 0 Å². The molecule has 1 aromatic carbocycles. The van der Waals surface area contributed by atoms with Crippen LogP contribution in [0.3, 0.4) is 0 Å². The third kappa shape index (κ3) is 3.70. The smallest absolute Gasteiger partial charge is 0.161 e. The topological polar surface area (TPSA) is 69.6 Å². The SMILES string of the molecule is CCCCn1nnnc1CSc1ccc(C)cc1N. The number of hydrogen-bond acceptors (Lipinski definition) is 5. The summed E-state index contributed by atoms with van der Waals surface area (Å²) in [6.07, 6.45) is 2.23. The van der Waals surface area contributed by atoms with Gasteiger partial charge in [0, 0.05) is 17.1 Å². The number of aryl methyl sites for hydroxylation is 2. The van der Waals surface area contributed by atoms with Crippen molar-refractivity contribution < 1.29 is 0 Å². The average molecular weight is 277 g/mol. The lowest BCUT2D eigenvalue weighted by atomic mass is 10.2. The molecule has 0 atom stereocenters. The highest BCUT2D eigenvalue weighted by atomic mass is 32.2. The molecule has 0 fully saturated rings. The molecule has 0 aliphatic carbocycles. The largest absolute Gasteiger partial charge is 0.398 e. The highest BCUT2D eigenvalue weighted by Crippen LogP contribution is 2.28. The zero-order valence-corrected chi connectivity index (χ0v) is 12.2. The third-order valence-electron chi connectivity index (χ3n) is 2.85. The molecule has 6 heteroatoms. The fourth-order valence-corrected chi connectivity index (χ4v) is 2.63. The first-order valence-corrected chi connectivity index (χ1v) is 7.43. The van der Waals surface area contributed by atoms with E-state index in [9.17, 15) is 0 Å². The minimum absolute atomic E-state index is 0.740. The lowest BCUT2D eigenvalue weighted by Gasteiger charge is -2.06.